The van der Waals surface area contributed by atoms with Crippen molar-refractivity contribution < 1.29 is 13.7 Å². The Labute approximate surface area is 123 Å². The van der Waals surface area contributed by atoms with Gasteiger partial charge in [-0.25, -0.2) is 0 Å². The molecule has 1 aromatic carbocycles. The molecule has 0 aromatic heterocycles. The second-order valence-electron chi connectivity index (χ2n) is 4.98. The number of benzene rings is 1. The molecule has 3 atom stereocenters. The Kier molecular flexibility index (Phi) is 6.01. The van der Waals surface area contributed by atoms with E-state index in [0.29, 0.717) is 11.7 Å². The number of hydrogen-bond donors (Lipinski definition) is 1. The summed E-state index contributed by atoms with van der Waals surface area (Å²) in [5, 5.41) is 3.45. The van der Waals surface area contributed by atoms with E-state index in [4.69, 9.17) is 9.47 Å². The van der Waals surface area contributed by atoms with E-state index < -0.39 is 10.8 Å². The Morgan fingerprint density at radius 2 is 2.40 bits per heavy atom. The van der Waals surface area contributed by atoms with Crippen molar-refractivity contribution in [2.24, 2.45) is 5.92 Å². The first-order valence-corrected chi connectivity index (χ1v) is 8.40. The molecule has 3 unspecified atom stereocenters. The minimum atomic E-state index is -1.02. The quantitative estimate of drug-likeness (QED) is 0.834. The number of hydrogen-bond acceptors (Lipinski definition) is 4. The van der Waals surface area contributed by atoms with E-state index in [2.05, 4.69) is 12.2 Å². The molecule has 1 heterocycles. The maximum absolute atomic E-state index is 12.5. The molecule has 0 bridgehead atoms. The van der Waals surface area contributed by atoms with Crippen LogP contribution >= 0.6 is 0 Å². The van der Waals surface area contributed by atoms with Crippen molar-refractivity contribution in [2.75, 3.05) is 32.6 Å². The van der Waals surface area contributed by atoms with Crippen molar-refractivity contribution in [1.29, 1.82) is 0 Å². The number of methoxy groups -OCH3 is 1. The summed E-state index contributed by atoms with van der Waals surface area (Å²) in [5.41, 5.74) is 0. The second kappa shape index (κ2) is 7.76. The lowest BCUT2D eigenvalue weighted by Crippen LogP contribution is -2.40. The SMILES string of the molecule is CCNC(CS(=O)c1cccc(OC)c1)C1CCOC1. The maximum Gasteiger partial charge on any atom is 0.120 e. The smallest absolute Gasteiger partial charge is 0.120 e. The van der Waals surface area contributed by atoms with Crippen LogP contribution in [0.25, 0.3) is 0 Å². The summed E-state index contributed by atoms with van der Waals surface area (Å²) in [5.74, 6) is 1.83. The van der Waals surface area contributed by atoms with Crippen LogP contribution in [-0.4, -0.2) is 42.9 Å². The first kappa shape index (κ1) is 15.5. The first-order valence-electron chi connectivity index (χ1n) is 7.08. The van der Waals surface area contributed by atoms with Crippen LogP contribution in [0.5, 0.6) is 5.75 Å². The van der Waals surface area contributed by atoms with Crippen LogP contribution in [0.15, 0.2) is 29.2 Å². The van der Waals surface area contributed by atoms with Crippen molar-refractivity contribution in [3.63, 3.8) is 0 Å². The molecular formula is C15H23NO3S. The Bertz CT molecular complexity index is 446. The molecular weight excluding hydrogens is 274 g/mol. The van der Waals surface area contributed by atoms with Gasteiger partial charge in [-0.3, -0.25) is 4.21 Å². The zero-order valence-corrected chi connectivity index (χ0v) is 12.9. The van der Waals surface area contributed by atoms with Gasteiger partial charge in [-0.1, -0.05) is 13.0 Å². The molecule has 0 aliphatic carbocycles. The summed E-state index contributed by atoms with van der Waals surface area (Å²) < 4.78 is 23.2. The lowest BCUT2D eigenvalue weighted by molar-refractivity contribution is 0.179. The van der Waals surface area contributed by atoms with Crippen molar-refractivity contribution in [2.45, 2.75) is 24.3 Å². The van der Waals surface area contributed by atoms with Gasteiger partial charge in [-0.2, -0.15) is 0 Å². The molecule has 1 N–H and O–H groups in total. The Balaban J connectivity index is 2.02. The highest BCUT2D eigenvalue weighted by atomic mass is 32.2. The summed E-state index contributed by atoms with van der Waals surface area (Å²) in [6.07, 6.45) is 1.05. The van der Waals surface area contributed by atoms with E-state index >= 15 is 0 Å². The average Bonchev–Trinajstić information content (AvgIpc) is 3.01. The molecule has 1 aliphatic rings. The fraction of sp³-hybridized carbons (Fsp3) is 0.600. The zero-order chi connectivity index (χ0) is 14.4. The molecule has 1 fully saturated rings. The lowest BCUT2D eigenvalue weighted by Gasteiger charge is -2.22. The Hall–Kier alpha value is -0.910. The van der Waals surface area contributed by atoms with Gasteiger partial charge in [0.2, 0.25) is 0 Å². The molecule has 1 saturated heterocycles. The summed E-state index contributed by atoms with van der Waals surface area (Å²) in [7, 11) is 0.603. The van der Waals surface area contributed by atoms with E-state index in [9.17, 15) is 4.21 Å². The molecule has 1 aromatic rings. The van der Waals surface area contributed by atoms with Gasteiger partial charge < -0.3 is 14.8 Å². The van der Waals surface area contributed by atoms with Crippen LogP contribution in [0.1, 0.15) is 13.3 Å². The van der Waals surface area contributed by atoms with Gasteiger partial charge in [0.15, 0.2) is 0 Å². The van der Waals surface area contributed by atoms with Crippen LogP contribution in [0.4, 0.5) is 0 Å². The fourth-order valence-corrected chi connectivity index (χ4v) is 3.88. The van der Waals surface area contributed by atoms with E-state index in [1.807, 2.05) is 24.3 Å². The highest BCUT2D eigenvalue weighted by Crippen LogP contribution is 2.21. The third kappa shape index (κ3) is 4.04. The van der Waals surface area contributed by atoms with Crippen LogP contribution in [0.2, 0.25) is 0 Å². The highest BCUT2D eigenvalue weighted by Gasteiger charge is 2.27. The standard InChI is InChI=1S/C15H23NO3S/c1-3-16-15(12-7-8-19-10-12)11-20(17)14-6-4-5-13(9-14)18-2/h4-6,9,12,15-16H,3,7-8,10-11H2,1-2H3. The monoisotopic (exact) mass is 297 g/mol. The van der Waals surface area contributed by atoms with Crippen LogP contribution in [0.3, 0.4) is 0 Å². The summed E-state index contributed by atoms with van der Waals surface area (Å²) in [6.45, 7) is 4.55. The van der Waals surface area contributed by atoms with E-state index in [1.165, 1.54) is 0 Å². The second-order valence-corrected chi connectivity index (χ2v) is 6.47. The van der Waals surface area contributed by atoms with Crippen LogP contribution in [-0.2, 0) is 15.5 Å². The van der Waals surface area contributed by atoms with E-state index in [-0.39, 0.29) is 6.04 Å². The molecule has 4 nitrogen and oxygen atoms in total. The maximum atomic E-state index is 12.5. The minimum absolute atomic E-state index is 0.245. The first-order chi connectivity index (χ1) is 9.74. The summed E-state index contributed by atoms with van der Waals surface area (Å²) >= 11 is 0. The Morgan fingerprint density at radius 3 is 3.05 bits per heavy atom. The van der Waals surface area contributed by atoms with E-state index in [1.54, 1.807) is 7.11 Å². The zero-order valence-electron chi connectivity index (χ0n) is 12.1. The summed E-state index contributed by atoms with van der Waals surface area (Å²) in [4.78, 5) is 0.825. The van der Waals surface area contributed by atoms with Gasteiger partial charge in [0.1, 0.15) is 5.75 Å². The van der Waals surface area contributed by atoms with Crippen molar-refractivity contribution in [3.8, 4) is 5.75 Å². The summed E-state index contributed by atoms with van der Waals surface area (Å²) in [6, 6.07) is 7.74. The predicted octanol–water partition coefficient (Wildman–Crippen LogP) is 1.82. The van der Waals surface area contributed by atoms with Crippen molar-refractivity contribution >= 4 is 10.8 Å². The Morgan fingerprint density at radius 1 is 1.55 bits per heavy atom. The van der Waals surface area contributed by atoms with E-state index in [0.717, 1.165) is 36.8 Å². The van der Waals surface area contributed by atoms with Gasteiger partial charge in [0.25, 0.3) is 0 Å². The number of ether oxygens (including phenoxy) is 2. The molecule has 2 rings (SSSR count). The van der Waals surface area contributed by atoms with Gasteiger partial charge in [0.05, 0.1) is 24.5 Å². The van der Waals surface area contributed by atoms with Gasteiger partial charge in [-0.05, 0) is 31.2 Å². The third-order valence-electron chi connectivity index (χ3n) is 3.64. The topological polar surface area (TPSA) is 47.6 Å². The van der Waals surface area contributed by atoms with Crippen molar-refractivity contribution in [1.82, 2.24) is 5.32 Å². The molecule has 20 heavy (non-hydrogen) atoms. The van der Waals surface area contributed by atoms with Crippen LogP contribution in [0, 0.1) is 5.92 Å². The minimum Gasteiger partial charge on any atom is -0.497 e. The average molecular weight is 297 g/mol. The third-order valence-corrected chi connectivity index (χ3v) is 5.08. The molecule has 1 aliphatic heterocycles. The molecule has 0 radical (unpaired) electrons. The molecule has 0 spiro atoms. The fourth-order valence-electron chi connectivity index (χ4n) is 2.50. The van der Waals surface area contributed by atoms with Gasteiger partial charge in [-0.15, -0.1) is 0 Å². The normalized spacial score (nSPS) is 21.6. The van der Waals surface area contributed by atoms with Crippen molar-refractivity contribution in [3.05, 3.63) is 24.3 Å². The van der Waals surface area contributed by atoms with Crippen LogP contribution < -0.4 is 10.1 Å². The molecule has 112 valence electrons. The van der Waals surface area contributed by atoms with Gasteiger partial charge >= 0.3 is 0 Å². The largest absolute Gasteiger partial charge is 0.497 e. The van der Waals surface area contributed by atoms with Gasteiger partial charge in [0, 0.05) is 29.2 Å². The molecule has 0 amide bonds. The molecule has 5 heteroatoms. The highest BCUT2D eigenvalue weighted by molar-refractivity contribution is 7.85. The lowest BCUT2D eigenvalue weighted by atomic mass is 10.0. The molecule has 0 saturated carbocycles. The number of nitrogens with one attached hydrogen (secondary N) is 1. The predicted molar refractivity (Wildman–Crippen MR) is 80.7 cm³/mol. The number of rotatable bonds is 7.